The predicted molar refractivity (Wildman–Crippen MR) is 89.4 cm³/mol. The molecular formula is C18H36N2O. The van der Waals surface area contributed by atoms with Crippen LogP contribution in [-0.2, 0) is 4.74 Å². The minimum Gasteiger partial charge on any atom is -0.368 e. The smallest absolute Gasteiger partial charge is 0.0788 e. The van der Waals surface area contributed by atoms with Crippen LogP contribution in [-0.4, -0.2) is 41.8 Å². The Bertz CT molecular complexity index is 340. The molecule has 0 spiro atoms. The van der Waals surface area contributed by atoms with Gasteiger partial charge < -0.3 is 15.4 Å². The monoisotopic (exact) mass is 296 g/mol. The Balaban J connectivity index is 1.95. The highest BCUT2D eigenvalue weighted by Gasteiger charge is 2.52. The van der Waals surface area contributed by atoms with Crippen LogP contribution in [0, 0.1) is 11.8 Å². The third kappa shape index (κ3) is 4.00. The van der Waals surface area contributed by atoms with Crippen molar-refractivity contribution in [3.63, 3.8) is 0 Å². The Morgan fingerprint density at radius 1 is 1.10 bits per heavy atom. The summed E-state index contributed by atoms with van der Waals surface area (Å²) in [6, 6.07) is 0.127. The molecular weight excluding hydrogens is 260 g/mol. The zero-order chi connectivity index (χ0) is 15.7. The van der Waals surface area contributed by atoms with Crippen LogP contribution in [0.3, 0.4) is 0 Å². The van der Waals surface area contributed by atoms with E-state index in [1.165, 1.54) is 45.2 Å². The number of likely N-dealkylation sites (tertiary alicyclic amines) is 1. The quantitative estimate of drug-likeness (QED) is 0.864. The predicted octanol–water partition coefficient (Wildman–Crippen LogP) is 3.42. The van der Waals surface area contributed by atoms with E-state index in [9.17, 15) is 0 Å². The van der Waals surface area contributed by atoms with Gasteiger partial charge in [0.15, 0.2) is 0 Å². The standard InChI is InChI=1S/C18H36N2O/c1-6-8-14-9-7-11-20(12-10-14)13-15-16(19)18(4,5)21-17(15,2)3/h14-16H,6-13,19H2,1-5H3. The maximum Gasteiger partial charge on any atom is 0.0788 e. The van der Waals surface area contributed by atoms with Crippen LogP contribution < -0.4 is 5.73 Å². The molecule has 0 radical (unpaired) electrons. The summed E-state index contributed by atoms with van der Waals surface area (Å²) in [7, 11) is 0. The van der Waals surface area contributed by atoms with Gasteiger partial charge in [0.05, 0.1) is 11.2 Å². The topological polar surface area (TPSA) is 38.5 Å². The molecule has 124 valence electrons. The van der Waals surface area contributed by atoms with E-state index in [2.05, 4.69) is 39.5 Å². The summed E-state index contributed by atoms with van der Waals surface area (Å²) in [4.78, 5) is 2.65. The van der Waals surface area contributed by atoms with Gasteiger partial charge in [-0.2, -0.15) is 0 Å². The summed E-state index contributed by atoms with van der Waals surface area (Å²) >= 11 is 0. The van der Waals surface area contributed by atoms with Gasteiger partial charge in [-0.3, -0.25) is 0 Å². The van der Waals surface area contributed by atoms with Crippen LogP contribution in [0.2, 0.25) is 0 Å². The number of hydrogen-bond donors (Lipinski definition) is 1. The van der Waals surface area contributed by atoms with E-state index in [1.54, 1.807) is 0 Å². The Kier molecular flexibility index (Phi) is 5.38. The van der Waals surface area contributed by atoms with E-state index in [1.807, 2.05) is 0 Å². The average Bonchev–Trinajstić information content (AvgIpc) is 2.55. The van der Waals surface area contributed by atoms with Crippen LogP contribution in [0.25, 0.3) is 0 Å². The molecule has 0 bridgehead atoms. The molecule has 0 aromatic carbocycles. The lowest BCUT2D eigenvalue weighted by atomic mass is 9.82. The largest absolute Gasteiger partial charge is 0.368 e. The fraction of sp³-hybridized carbons (Fsp3) is 1.00. The molecule has 2 saturated heterocycles. The minimum atomic E-state index is -0.204. The summed E-state index contributed by atoms with van der Waals surface area (Å²) in [6.45, 7) is 14.6. The van der Waals surface area contributed by atoms with Crippen molar-refractivity contribution in [2.75, 3.05) is 19.6 Å². The summed E-state index contributed by atoms with van der Waals surface area (Å²) < 4.78 is 6.24. The van der Waals surface area contributed by atoms with Crippen molar-refractivity contribution in [1.82, 2.24) is 4.90 Å². The number of nitrogens with zero attached hydrogens (tertiary/aromatic N) is 1. The third-order valence-corrected chi connectivity index (χ3v) is 5.75. The molecule has 2 N–H and O–H groups in total. The van der Waals surface area contributed by atoms with Crippen molar-refractivity contribution >= 4 is 0 Å². The molecule has 3 unspecified atom stereocenters. The Morgan fingerprint density at radius 3 is 2.38 bits per heavy atom. The van der Waals surface area contributed by atoms with E-state index >= 15 is 0 Å². The van der Waals surface area contributed by atoms with Gasteiger partial charge in [0.2, 0.25) is 0 Å². The summed E-state index contributed by atoms with van der Waals surface area (Å²) in [5, 5.41) is 0. The molecule has 0 amide bonds. The second kappa shape index (κ2) is 6.55. The number of rotatable bonds is 4. The molecule has 2 aliphatic rings. The number of hydrogen-bond acceptors (Lipinski definition) is 3. The maximum absolute atomic E-state index is 6.51. The van der Waals surface area contributed by atoms with Gasteiger partial charge in [0.1, 0.15) is 0 Å². The molecule has 3 nitrogen and oxygen atoms in total. The van der Waals surface area contributed by atoms with Crippen LogP contribution in [0.15, 0.2) is 0 Å². The molecule has 21 heavy (non-hydrogen) atoms. The van der Waals surface area contributed by atoms with E-state index in [0.29, 0.717) is 5.92 Å². The van der Waals surface area contributed by atoms with Gasteiger partial charge in [-0.15, -0.1) is 0 Å². The van der Waals surface area contributed by atoms with Crippen molar-refractivity contribution in [2.24, 2.45) is 17.6 Å². The first-order valence-electron chi connectivity index (χ1n) is 8.94. The van der Waals surface area contributed by atoms with Crippen LogP contribution >= 0.6 is 0 Å². The Hall–Kier alpha value is -0.120. The average molecular weight is 296 g/mol. The normalized spacial score (nSPS) is 36.6. The maximum atomic E-state index is 6.51. The van der Waals surface area contributed by atoms with E-state index in [0.717, 1.165) is 12.5 Å². The second-order valence-electron chi connectivity index (χ2n) is 8.33. The van der Waals surface area contributed by atoms with Gasteiger partial charge in [-0.1, -0.05) is 19.8 Å². The highest BCUT2D eigenvalue weighted by atomic mass is 16.5. The van der Waals surface area contributed by atoms with E-state index < -0.39 is 0 Å². The summed E-state index contributed by atoms with van der Waals surface area (Å²) in [6.07, 6.45) is 6.84. The second-order valence-corrected chi connectivity index (χ2v) is 8.33. The van der Waals surface area contributed by atoms with Crippen molar-refractivity contribution < 1.29 is 4.74 Å². The lowest BCUT2D eigenvalue weighted by Crippen LogP contribution is -2.48. The van der Waals surface area contributed by atoms with Crippen LogP contribution in [0.1, 0.15) is 66.7 Å². The third-order valence-electron chi connectivity index (χ3n) is 5.75. The summed E-state index contributed by atoms with van der Waals surface area (Å²) in [5.41, 5.74) is 6.20. The van der Waals surface area contributed by atoms with Crippen molar-refractivity contribution in [2.45, 2.75) is 84.0 Å². The van der Waals surface area contributed by atoms with Gasteiger partial charge in [-0.05, 0) is 66.0 Å². The van der Waals surface area contributed by atoms with Crippen LogP contribution in [0.5, 0.6) is 0 Å². The molecule has 0 aromatic heterocycles. The lowest BCUT2D eigenvalue weighted by molar-refractivity contribution is -0.0784. The van der Waals surface area contributed by atoms with Gasteiger partial charge in [0, 0.05) is 18.5 Å². The fourth-order valence-corrected chi connectivity index (χ4v) is 4.45. The molecule has 2 fully saturated rings. The lowest BCUT2D eigenvalue weighted by Gasteiger charge is -2.32. The first-order chi connectivity index (χ1) is 9.76. The first kappa shape index (κ1) is 17.2. The molecule has 3 atom stereocenters. The number of nitrogens with two attached hydrogens (primary N) is 1. The highest BCUT2D eigenvalue weighted by Crippen LogP contribution is 2.41. The summed E-state index contributed by atoms with van der Waals surface area (Å²) in [5.74, 6) is 1.37. The van der Waals surface area contributed by atoms with Gasteiger partial charge in [0.25, 0.3) is 0 Å². The molecule has 0 aromatic rings. The highest BCUT2D eigenvalue weighted by molar-refractivity contribution is 5.04. The molecule has 2 aliphatic heterocycles. The SMILES string of the molecule is CCCC1CCCN(CC2C(N)C(C)(C)OC2(C)C)CC1. The molecule has 3 heteroatoms. The van der Waals surface area contributed by atoms with Crippen LogP contribution in [0.4, 0.5) is 0 Å². The van der Waals surface area contributed by atoms with Gasteiger partial charge >= 0.3 is 0 Å². The Morgan fingerprint density at radius 2 is 1.81 bits per heavy atom. The molecule has 0 aliphatic carbocycles. The van der Waals surface area contributed by atoms with E-state index in [4.69, 9.17) is 10.5 Å². The minimum absolute atomic E-state index is 0.113. The van der Waals surface area contributed by atoms with E-state index in [-0.39, 0.29) is 17.2 Å². The fourth-order valence-electron chi connectivity index (χ4n) is 4.45. The molecule has 2 rings (SSSR count). The zero-order valence-electron chi connectivity index (χ0n) is 14.8. The van der Waals surface area contributed by atoms with Gasteiger partial charge in [-0.25, -0.2) is 0 Å². The molecule has 0 saturated carbocycles. The first-order valence-corrected chi connectivity index (χ1v) is 8.94. The number of ether oxygens (including phenoxy) is 1. The Labute approximate surface area is 131 Å². The molecule has 2 heterocycles. The van der Waals surface area contributed by atoms with Crippen molar-refractivity contribution in [3.8, 4) is 0 Å². The zero-order valence-corrected chi connectivity index (χ0v) is 14.8. The van der Waals surface area contributed by atoms with Crippen molar-refractivity contribution in [1.29, 1.82) is 0 Å². The van der Waals surface area contributed by atoms with Crippen molar-refractivity contribution in [3.05, 3.63) is 0 Å².